The van der Waals surface area contributed by atoms with Gasteiger partial charge in [0, 0.05) is 11.6 Å². The molecule has 2 rings (SSSR count). The van der Waals surface area contributed by atoms with E-state index in [0.717, 1.165) is 38.1 Å². The van der Waals surface area contributed by atoms with Gasteiger partial charge in [-0.2, -0.15) is 0 Å². The Balaban J connectivity index is 2.18. The van der Waals surface area contributed by atoms with Crippen molar-refractivity contribution in [2.24, 2.45) is 11.7 Å². The average Bonchev–Trinajstić information content (AvgIpc) is 2.32. The van der Waals surface area contributed by atoms with Crippen LogP contribution in [0.2, 0.25) is 0 Å². The van der Waals surface area contributed by atoms with Gasteiger partial charge in [-0.05, 0) is 50.0 Å². The van der Waals surface area contributed by atoms with Gasteiger partial charge in [0.05, 0.1) is 0 Å². The van der Waals surface area contributed by atoms with Crippen molar-refractivity contribution in [3.63, 3.8) is 0 Å². The predicted octanol–water partition coefficient (Wildman–Crippen LogP) is 1.96. The summed E-state index contributed by atoms with van der Waals surface area (Å²) < 4.78 is 26.6. The van der Waals surface area contributed by atoms with Crippen LogP contribution in [0.3, 0.4) is 0 Å². The Morgan fingerprint density at radius 1 is 1.25 bits per heavy atom. The lowest BCUT2D eigenvalue weighted by Crippen LogP contribution is -2.34. The van der Waals surface area contributed by atoms with Gasteiger partial charge in [-0.15, -0.1) is 0 Å². The summed E-state index contributed by atoms with van der Waals surface area (Å²) in [5, 5.41) is 3.22. The summed E-state index contributed by atoms with van der Waals surface area (Å²) in [5.41, 5.74) is 6.30. The number of hydrogen-bond acceptors (Lipinski definition) is 2. The maximum absolute atomic E-state index is 13.5. The van der Waals surface area contributed by atoms with Crippen LogP contribution in [0, 0.1) is 17.6 Å². The highest BCUT2D eigenvalue weighted by molar-refractivity contribution is 5.22. The third-order valence-corrected chi connectivity index (χ3v) is 3.21. The van der Waals surface area contributed by atoms with Crippen molar-refractivity contribution in [1.29, 1.82) is 0 Å². The second-order valence-corrected chi connectivity index (χ2v) is 4.28. The topological polar surface area (TPSA) is 38.0 Å². The van der Waals surface area contributed by atoms with Gasteiger partial charge in [-0.1, -0.05) is 0 Å². The Morgan fingerprint density at radius 3 is 2.62 bits per heavy atom. The van der Waals surface area contributed by atoms with Gasteiger partial charge in [0.2, 0.25) is 0 Å². The van der Waals surface area contributed by atoms with Crippen molar-refractivity contribution in [2.45, 2.75) is 18.9 Å². The zero-order valence-corrected chi connectivity index (χ0v) is 9.05. The highest BCUT2D eigenvalue weighted by atomic mass is 19.1. The minimum atomic E-state index is -0.430. The summed E-state index contributed by atoms with van der Waals surface area (Å²) in [7, 11) is 0. The van der Waals surface area contributed by atoms with Crippen molar-refractivity contribution in [2.75, 3.05) is 13.1 Å². The maximum Gasteiger partial charge on any atom is 0.128 e. The number of hydrogen-bond donors (Lipinski definition) is 2. The third kappa shape index (κ3) is 2.39. The largest absolute Gasteiger partial charge is 0.324 e. The van der Waals surface area contributed by atoms with Gasteiger partial charge in [0.15, 0.2) is 0 Å². The molecule has 1 saturated heterocycles. The molecule has 0 spiro atoms. The first kappa shape index (κ1) is 11.5. The second-order valence-electron chi connectivity index (χ2n) is 4.28. The van der Waals surface area contributed by atoms with Gasteiger partial charge < -0.3 is 11.1 Å². The summed E-state index contributed by atoms with van der Waals surface area (Å²) >= 11 is 0. The Morgan fingerprint density at radius 2 is 1.94 bits per heavy atom. The average molecular weight is 226 g/mol. The van der Waals surface area contributed by atoms with Crippen LogP contribution in [-0.2, 0) is 0 Å². The number of piperidine rings is 1. The van der Waals surface area contributed by atoms with E-state index in [4.69, 9.17) is 5.73 Å². The highest BCUT2D eigenvalue weighted by Crippen LogP contribution is 2.28. The van der Waals surface area contributed by atoms with Gasteiger partial charge in [0.25, 0.3) is 0 Å². The molecule has 88 valence electrons. The second kappa shape index (κ2) is 4.89. The first-order chi connectivity index (χ1) is 7.68. The molecule has 0 bridgehead atoms. The zero-order chi connectivity index (χ0) is 11.5. The van der Waals surface area contributed by atoms with Crippen molar-refractivity contribution in [3.8, 4) is 0 Å². The van der Waals surface area contributed by atoms with E-state index in [1.807, 2.05) is 0 Å². The van der Waals surface area contributed by atoms with Crippen LogP contribution in [0.4, 0.5) is 8.78 Å². The quantitative estimate of drug-likeness (QED) is 0.809. The fourth-order valence-electron chi connectivity index (χ4n) is 2.23. The summed E-state index contributed by atoms with van der Waals surface area (Å²) in [5.74, 6) is -0.606. The molecular weight excluding hydrogens is 210 g/mol. The standard InChI is InChI=1S/C12H16F2N2/c13-9-1-2-11(14)10(7-9)12(15)8-3-5-16-6-4-8/h1-2,7-8,12,16H,3-6,15H2/t12-/m1/s1. The van der Waals surface area contributed by atoms with Crippen molar-refractivity contribution in [3.05, 3.63) is 35.4 Å². The van der Waals surface area contributed by atoms with Crippen LogP contribution in [0.5, 0.6) is 0 Å². The number of benzene rings is 1. The van der Waals surface area contributed by atoms with Gasteiger partial charge in [-0.3, -0.25) is 0 Å². The zero-order valence-electron chi connectivity index (χ0n) is 9.05. The molecule has 1 aliphatic rings. The Labute approximate surface area is 93.8 Å². The highest BCUT2D eigenvalue weighted by Gasteiger charge is 2.24. The van der Waals surface area contributed by atoms with E-state index < -0.39 is 17.7 Å². The molecular formula is C12H16F2N2. The minimum absolute atomic E-state index is 0.234. The van der Waals surface area contributed by atoms with Crippen LogP contribution in [0.15, 0.2) is 18.2 Å². The van der Waals surface area contributed by atoms with E-state index in [1.165, 1.54) is 6.07 Å². The number of nitrogens with two attached hydrogens (primary N) is 1. The molecule has 0 aromatic heterocycles. The first-order valence-corrected chi connectivity index (χ1v) is 5.59. The Bertz CT molecular complexity index is 362. The normalized spacial score (nSPS) is 19.7. The molecule has 0 radical (unpaired) electrons. The lowest BCUT2D eigenvalue weighted by molar-refractivity contribution is 0.316. The van der Waals surface area contributed by atoms with E-state index in [9.17, 15) is 8.78 Å². The molecule has 16 heavy (non-hydrogen) atoms. The van der Waals surface area contributed by atoms with Gasteiger partial charge >= 0.3 is 0 Å². The van der Waals surface area contributed by atoms with E-state index in [1.54, 1.807) is 0 Å². The SMILES string of the molecule is N[C@@H](c1cc(F)ccc1F)C1CCNCC1. The smallest absolute Gasteiger partial charge is 0.128 e. The molecule has 1 atom stereocenters. The number of nitrogens with one attached hydrogen (secondary N) is 1. The molecule has 2 nitrogen and oxygen atoms in total. The summed E-state index contributed by atoms with van der Waals surface area (Å²) in [6.07, 6.45) is 1.83. The Hall–Kier alpha value is -1.00. The molecule has 4 heteroatoms. The first-order valence-electron chi connectivity index (χ1n) is 5.59. The molecule has 1 aromatic carbocycles. The molecule has 3 N–H and O–H groups in total. The van der Waals surface area contributed by atoms with Crippen LogP contribution in [0.1, 0.15) is 24.4 Å². The fourth-order valence-corrected chi connectivity index (χ4v) is 2.23. The number of halogens is 2. The summed E-state index contributed by atoms with van der Waals surface area (Å²) in [6, 6.07) is 3.07. The Kier molecular flexibility index (Phi) is 3.51. The maximum atomic E-state index is 13.5. The van der Waals surface area contributed by atoms with Gasteiger partial charge in [0.1, 0.15) is 11.6 Å². The van der Waals surface area contributed by atoms with Crippen LogP contribution < -0.4 is 11.1 Å². The summed E-state index contributed by atoms with van der Waals surface area (Å²) in [6.45, 7) is 1.80. The van der Waals surface area contributed by atoms with Crippen molar-refractivity contribution < 1.29 is 8.78 Å². The van der Waals surface area contributed by atoms with E-state index in [0.29, 0.717) is 5.56 Å². The van der Waals surface area contributed by atoms with Gasteiger partial charge in [-0.25, -0.2) is 8.78 Å². The van der Waals surface area contributed by atoms with Crippen LogP contribution >= 0.6 is 0 Å². The number of rotatable bonds is 2. The molecule has 0 amide bonds. The van der Waals surface area contributed by atoms with Crippen molar-refractivity contribution in [1.82, 2.24) is 5.32 Å². The van der Waals surface area contributed by atoms with Crippen molar-refractivity contribution >= 4 is 0 Å². The lowest BCUT2D eigenvalue weighted by Gasteiger charge is -2.28. The third-order valence-electron chi connectivity index (χ3n) is 3.21. The molecule has 1 fully saturated rings. The molecule has 0 unspecified atom stereocenters. The molecule has 1 aromatic rings. The molecule has 0 aliphatic carbocycles. The fraction of sp³-hybridized carbons (Fsp3) is 0.500. The van der Waals surface area contributed by atoms with Crippen LogP contribution in [-0.4, -0.2) is 13.1 Å². The van der Waals surface area contributed by atoms with Crippen LogP contribution in [0.25, 0.3) is 0 Å². The minimum Gasteiger partial charge on any atom is -0.324 e. The molecule has 1 aliphatic heterocycles. The predicted molar refractivity (Wildman–Crippen MR) is 58.9 cm³/mol. The summed E-state index contributed by atoms with van der Waals surface area (Å²) in [4.78, 5) is 0. The monoisotopic (exact) mass is 226 g/mol. The molecule has 1 heterocycles. The molecule has 0 saturated carbocycles. The van der Waals surface area contributed by atoms with E-state index in [2.05, 4.69) is 5.32 Å². The van der Waals surface area contributed by atoms with E-state index >= 15 is 0 Å². The lowest BCUT2D eigenvalue weighted by atomic mass is 9.86. The van der Waals surface area contributed by atoms with E-state index in [-0.39, 0.29) is 5.92 Å².